The molecule has 5 heteroatoms. The first-order valence-electron chi connectivity index (χ1n) is 5.47. The monoisotopic (exact) mass is 346 g/mol. The molecule has 2 aromatic rings. The summed E-state index contributed by atoms with van der Waals surface area (Å²) >= 11 is 4.62. The summed E-state index contributed by atoms with van der Waals surface area (Å²) in [6.07, 6.45) is -4.31. The zero-order chi connectivity index (χ0) is 14.0. The lowest BCUT2D eigenvalue weighted by molar-refractivity contribution is -0.137. The lowest BCUT2D eigenvalue weighted by Crippen LogP contribution is -2.04. The Hall–Kier alpha value is -0.940. The van der Waals surface area contributed by atoms with Gasteiger partial charge >= 0.3 is 6.18 Å². The summed E-state index contributed by atoms with van der Waals surface area (Å²) in [6.45, 7) is 1.99. The fraction of sp³-hybridized carbons (Fsp3) is 0.143. The van der Waals surface area contributed by atoms with Gasteiger partial charge in [0.1, 0.15) is 0 Å². The summed E-state index contributed by atoms with van der Waals surface area (Å²) in [5.41, 5.74) is 0.503. The van der Waals surface area contributed by atoms with E-state index >= 15 is 0 Å². The largest absolute Gasteiger partial charge is 0.416 e. The molecule has 0 spiro atoms. The second-order valence-corrected chi connectivity index (χ2v) is 6.03. The number of rotatable bonds is 2. The third kappa shape index (κ3) is 3.76. The number of benzene rings is 2. The van der Waals surface area contributed by atoms with E-state index in [4.69, 9.17) is 0 Å². The molecule has 0 nitrogen and oxygen atoms in total. The molecule has 0 bridgehead atoms. The maximum absolute atomic E-state index is 12.5. The van der Waals surface area contributed by atoms with Gasteiger partial charge in [0.15, 0.2) is 0 Å². The van der Waals surface area contributed by atoms with E-state index in [1.165, 1.54) is 17.8 Å². The summed E-state index contributed by atoms with van der Waals surface area (Å²) in [5.74, 6) is 0. The summed E-state index contributed by atoms with van der Waals surface area (Å²) in [5, 5.41) is 0. The van der Waals surface area contributed by atoms with Gasteiger partial charge in [-0.3, -0.25) is 0 Å². The van der Waals surface area contributed by atoms with Gasteiger partial charge in [0, 0.05) is 14.3 Å². The molecule has 0 N–H and O–H groups in total. The van der Waals surface area contributed by atoms with Crippen LogP contribution in [0.25, 0.3) is 0 Å². The number of aryl methyl sites for hydroxylation is 1. The van der Waals surface area contributed by atoms with Crippen LogP contribution in [0.5, 0.6) is 0 Å². The van der Waals surface area contributed by atoms with E-state index in [1.807, 2.05) is 31.2 Å². The van der Waals surface area contributed by atoms with Gasteiger partial charge in [-0.15, -0.1) is 0 Å². The lowest BCUT2D eigenvalue weighted by atomic mass is 10.2. The molecule has 2 rings (SSSR count). The smallest absolute Gasteiger partial charge is 0.166 e. The van der Waals surface area contributed by atoms with Crippen LogP contribution in [0, 0.1) is 6.92 Å². The van der Waals surface area contributed by atoms with Crippen molar-refractivity contribution >= 4 is 27.7 Å². The fourth-order valence-corrected chi connectivity index (χ4v) is 2.93. The third-order valence-corrected chi connectivity index (χ3v) is 4.51. The third-order valence-electron chi connectivity index (χ3n) is 2.51. The van der Waals surface area contributed by atoms with Crippen LogP contribution in [0.15, 0.2) is 56.7 Å². The van der Waals surface area contributed by atoms with Crippen LogP contribution in [0.2, 0.25) is 0 Å². The number of hydrogen-bond donors (Lipinski definition) is 0. The Balaban J connectivity index is 2.24. The normalized spacial score (nSPS) is 11.6. The molecule has 0 saturated heterocycles. The van der Waals surface area contributed by atoms with Crippen molar-refractivity contribution in [1.82, 2.24) is 0 Å². The Morgan fingerprint density at radius 3 is 2.16 bits per heavy atom. The van der Waals surface area contributed by atoms with Gasteiger partial charge in [-0.05, 0) is 53.2 Å². The Bertz CT molecular complexity index is 576. The van der Waals surface area contributed by atoms with E-state index in [0.717, 1.165) is 27.5 Å². The van der Waals surface area contributed by atoms with Crippen LogP contribution in [0.4, 0.5) is 13.2 Å². The van der Waals surface area contributed by atoms with E-state index in [-0.39, 0.29) is 0 Å². The molecule has 0 amide bonds. The van der Waals surface area contributed by atoms with E-state index in [9.17, 15) is 13.2 Å². The zero-order valence-corrected chi connectivity index (χ0v) is 12.4. The minimum absolute atomic E-state index is 0.452. The Labute approximate surface area is 122 Å². The van der Waals surface area contributed by atoms with Crippen LogP contribution in [-0.4, -0.2) is 0 Å². The molecule has 0 atom stereocenters. The molecule has 0 heterocycles. The van der Waals surface area contributed by atoms with E-state index in [1.54, 1.807) is 0 Å². The number of hydrogen-bond acceptors (Lipinski definition) is 1. The Kier molecular flexibility index (Phi) is 4.26. The van der Waals surface area contributed by atoms with Crippen LogP contribution < -0.4 is 0 Å². The number of halogens is 4. The summed E-state index contributed by atoms with van der Waals surface area (Å²) < 4.78 is 38.1. The first-order chi connectivity index (χ1) is 8.86. The molecule has 100 valence electrons. The molecule has 0 aromatic heterocycles. The molecule has 0 unspecified atom stereocenters. The highest BCUT2D eigenvalue weighted by Crippen LogP contribution is 2.37. The first kappa shape index (κ1) is 14.5. The van der Waals surface area contributed by atoms with Gasteiger partial charge < -0.3 is 0 Å². The van der Waals surface area contributed by atoms with Crippen LogP contribution >= 0.6 is 27.7 Å². The van der Waals surface area contributed by atoms with Crippen LogP contribution in [0.1, 0.15) is 11.1 Å². The SMILES string of the molecule is Cc1ccc(Sc2ccc(C(F)(F)F)cc2Br)cc1. The molecule has 0 radical (unpaired) electrons. The van der Waals surface area contributed by atoms with E-state index < -0.39 is 11.7 Å². The molecular weight excluding hydrogens is 337 g/mol. The quantitative estimate of drug-likeness (QED) is 0.649. The second-order valence-electron chi connectivity index (χ2n) is 4.06. The maximum atomic E-state index is 12.5. The van der Waals surface area contributed by atoms with Crippen LogP contribution in [-0.2, 0) is 6.18 Å². The standard InChI is InChI=1S/C14H10BrF3S/c1-9-2-5-11(6-3-9)19-13-7-4-10(8-12(13)15)14(16,17)18/h2-8H,1H3. The van der Waals surface area contributed by atoms with Crippen molar-refractivity contribution < 1.29 is 13.2 Å². The minimum atomic E-state index is -4.31. The van der Waals surface area contributed by atoms with Crippen molar-refractivity contribution in [3.63, 3.8) is 0 Å². The fourth-order valence-electron chi connectivity index (χ4n) is 1.49. The van der Waals surface area contributed by atoms with Crippen molar-refractivity contribution in [2.45, 2.75) is 22.9 Å². The molecule has 0 aliphatic heterocycles. The summed E-state index contributed by atoms with van der Waals surface area (Å²) in [6, 6.07) is 11.5. The van der Waals surface area contributed by atoms with Gasteiger partial charge in [0.2, 0.25) is 0 Å². The predicted octanol–water partition coefficient (Wildman–Crippen LogP) is 5.93. The highest BCUT2D eigenvalue weighted by molar-refractivity contribution is 9.10. The average molecular weight is 347 g/mol. The summed E-state index contributed by atoms with van der Waals surface area (Å²) in [4.78, 5) is 1.75. The molecular formula is C14H10BrF3S. The van der Waals surface area contributed by atoms with Gasteiger partial charge in [-0.2, -0.15) is 13.2 Å². The first-order valence-corrected chi connectivity index (χ1v) is 7.08. The summed E-state index contributed by atoms with van der Waals surface area (Å²) in [7, 11) is 0. The predicted molar refractivity (Wildman–Crippen MR) is 74.4 cm³/mol. The average Bonchev–Trinajstić information content (AvgIpc) is 2.33. The van der Waals surface area contributed by atoms with Crippen molar-refractivity contribution in [3.05, 3.63) is 58.1 Å². The Morgan fingerprint density at radius 1 is 1.00 bits per heavy atom. The highest BCUT2D eigenvalue weighted by Gasteiger charge is 2.30. The highest BCUT2D eigenvalue weighted by atomic mass is 79.9. The van der Waals surface area contributed by atoms with Crippen molar-refractivity contribution in [1.29, 1.82) is 0 Å². The molecule has 0 aliphatic carbocycles. The van der Waals surface area contributed by atoms with Gasteiger partial charge in [0.05, 0.1) is 5.56 Å². The maximum Gasteiger partial charge on any atom is 0.416 e. The molecule has 0 aliphatic rings. The second kappa shape index (κ2) is 5.59. The van der Waals surface area contributed by atoms with Crippen molar-refractivity contribution in [2.75, 3.05) is 0 Å². The molecule has 19 heavy (non-hydrogen) atoms. The van der Waals surface area contributed by atoms with E-state index in [0.29, 0.717) is 4.47 Å². The molecule has 2 aromatic carbocycles. The minimum Gasteiger partial charge on any atom is -0.166 e. The van der Waals surface area contributed by atoms with Crippen molar-refractivity contribution in [3.8, 4) is 0 Å². The number of alkyl halides is 3. The van der Waals surface area contributed by atoms with Gasteiger partial charge in [0.25, 0.3) is 0 Å². The van der Waals surface area contributed by atoms with Gasteiger partial charge in [-0.1, -0.05) is 29.5 Å². The van der Waals surface area contributed by atoms with Gasteiger partial charge in [-0.25, -0.2) is 0 Å². The van der Waals surface area contributed by atoms with Crippen LogP contribution in [0.3, 0.4) is 0 Å². The zero-order valence-electron chi connectivity index (χ0n) is 9.96. The Morgan fingerprint density at radius 2 is 1.63 bits per heavy atom. The lowest BCUT2D eigenvalue weighted by Gasteiger charge is -2.10. The van der Waals surface area contributed by atoms with E-state index in [2.05, 4.69) is 15.9 Å². The molecule has 0 fully saturated rings. The van der Waals surface area contributed by atoms with Crippen molar-refractivity contribution in [2.24, 2.45) is 0 Å². The molecule has 0 saturated carbocycles. The topological polar surface area (TPSA) is 0 Å².